The molecular weight excluding hydrogens is 312 g/mol. The van der Waals surface area contributed by atoms with Gasteiger partial charge < -0.3 is 14.8 Å². The Morgan fingerprint density at radius 2 is 2.08 bits per heavy atom. The Morgan fingerprint density at radius 1 is 1.42 bits per heavy atom. The first kappa shape index (κ1) is 18.2. The van der Waals surface area contributed by atoms with Crippen LogP contribution in [-0.4, -0.2) is 34.7 Å². The molecule has 1 N–H and O–H groups in total. The van der Waals surface area contributed by atoms with Crippen LogP contribution in [0.15, 0.2) is 18.2 Å². The van der Waals surface area contributed by atoms with Gasteiger partial charge in [-0.25, -0.2) is 4.79 Å². The zero-order valence-corrected chi connectivity index (χ0v) is 14.7. The van der Waals surface area contributed by atoms with Crippen LogP contribution in [0, 0.1) is 10.1 Å². The van der Waals surface area contributed by atoms with Crippen LogP contribution in [0.4, 0.5) is 11.4 Å². The van der Waals surface area contributed by atoms with Crippen molar-refractivity contribution in [2.45, 2.75) is 58.3 Å². The average Bonchev–Trinajstić information content (AvgIpc) is 2.66. The Kier molecular flexibility index (Phi) is 4.85. The standard InChI is InChI=1S/C17H24N2O5/c1-6-23-15(20)12-9-11(7-8-13(12)19(21)22)18-14-10-16(2,3)24-17(14,4)5/h7-9,14,18H,6,10H2,1-5H3. The van der Waals surface area contributed by atoms with Crippen LogP contribution in [0.3, 0.4) is 0 Å². The second-order valence-corrected chi connectivity index (χ2v) is 7.08. The van der Waals surface area contributed by atoms with Gasteiger partial charge in [0.1, 0.15) is 5.56 Å². The minimum atomic E-state index is -0.699. The van der Waals surface area contributed by atoms with Crippen molar-refractivity contribution < 1.29 is 19.2 Å². The smallest absolute Gasteiger partial charge is 0.345 e. The van der Waals surface area contributed by atoms with Crippen LogP contribution in [0.2, 0.25) is 0 Å². The number of nitro benzene ring substituents is 1. The molecule has 1 aromatic carbocycles. The largest absolute Gasteiger partial charge is 0.462 e. The van der Waals surface area contributed by atoms with Crippen molar-refractivity contribution in [1.82, 2.24) is 0 Å². The van der Waals surface area contributed by atoms with E-state index in [0.717, 1.165) is 6.42 Å². The number of nitrogens with zero attached hydrogens (tertiary/aromatic N) is 1. The van der Waals surface area contributed by atoms with Crippen LogP contribution >= 0.6 is 0 Å². The van der Waals surface area contributed by atoms with E-state index in [2.05, 4.69) is 5.32 Å². The summed E-state index contributed by atoms with van der Waals surface area (Å²) in [6.07, 6.45) is 0.783. The highest BCUT2D eigenvalue weighted by Crippen LogP contribution is 2.39. The van der Waals surface area contributed by atoms with E-state index in [4.69, 9.17) is 9.47 Å². The minimum absolute atomic E-state index is 0.0176. The van der Waals surface area contributed by atoms with E-state index in [1.807, 2.05) is 27.7 Å². The molecule has 0 spiro atoms. The van der Waals surface area contributed by atoms with Gasteiger partial charge in [0.05, 0.1) is 28.8 Å². The Labute approximate surface area is 141 Å². The van der Waals surface area contributed by atoms with Gasteiger partial charge in [0.25, 0.3) is 5.69 Å². The normalized spacial score (nSPS) is 21.3. The van der Waals surface area contributed by atoms with Gasteiger partial charge in [-0.3, -0.25) is 10.1 Å². The van der Waals surface area contributed by atoms with Gasteiger partial charge in [-0.05, 0) is 53.2 Å². The van der Waals surface area contributed by atoms with Crippen molar-refractivity contribution in [3.63, 3.8) is 0 Å². The quantitative estimate of drug-likeness (QED) is 0.502. The zero-order valence-electron chi connectivity index (χ0n) is 14.7. The van der Waals surface area contributed by atoms with Crippen LogP contribution in [0.1, 0.15) is 51.4 Å². The van der Waals surface area contributed by atoms with Gasteiger partial charge in [-0.2, -0.15) is 0 Å². The molecule has 0 bridgehead atoms. The highest BCUT2D eigenvalue weighted by atomic mass is 16.6. The molecule has 0 aromatic heterocycles. The molecule has 1 aromatic rings. The van der Waals surface area contributed by atoms with Crippen molar-refractivity contribution in [2.24, 2.45) is 0 Å². The summed E-state index contributed by atoms with van der Waals surface area (Å²) in [4.78, 5) is 22.6. The molecule has 1 fully saturated rings. The van der Waals surface area contributed by atoms with Crippen molar-refractivity contribution in [1.29, 1.82) is 0 Å². The molecule has 0 saturated carbocycles. The molecule has 1 saturated heterocycles. The molecule has 1 atom stereocenters. The number of anilines is 1. The summed E-state index contributed by atoms with van der Waals surface area (Å²) < 4.78 is 11.0. The van der Waals surface area contributed by atoms with E-state index in [0.29, 0.717) is 5.69 Å². The predicted octanol–water partition coefficient (Wildman–Crippen LogP) is 3.53. The number of hydrogen-bond donors (Lipinski definition) is 1. The Morgan fingerprint density at radius 3 is 2.58 bits per heavy atom. The number of esters is 1. The summed E-state index contributed by atoms with van der Waals surface area (Å²) in [7, 11) is 0. The number of nitro groups is 1. The Bertz CT molecular complexity index is 654. The fourth-order valence-electron chi connectivity index (χ4n) is 3.15. The van der Waals surface area contributed by atoms with Crippen molar-refractivity contribution >= 4 is 17.3 Å². The molecule has 0 amide bonds. The summed E-state index contributed by atoms with van der Waals surface area (Å²) >= 11 is 0. The fraction of sp³-hybridized carbons (Fsp3) is 0.588. The molecule has 0 aliphatic carbocycles. The number of nitrogens with one attached hydrogen (secondary N) is 1. The fourth-order valence-corrected chi connectivity index (χ4v) is 3.15. The van der Waals surface area contributed by atoms with Gasteiger partial charge in [-0.15, -0.1) is 0 Å². The molecule has 1 aliphatic rings. The maximum absolute atomic E-state index is 12.0. The van der Waals surface area contributed by atoms with Crippen LogP contribution < -0.4 is 5.32 Å². The first-order valence-corrected chi connectivity index (χ1v) is 7.98. The van der Waals surface area contributed by atoms with Gasteiger partial charge in [0.2, 0.25) is 0 Å². The Balaban J connectivity index is 2.30. The maximum atomic E-state index is 12.0. The zero-order chi connectivity index (χ0) is 18.1. The SMILES string of the molecule is CCOC(=O)c1cc(NC2CC(C)(C)OC2(C)C)ccc1[N+](=O)[O-]. The summed E-state index contributed by atoms with van der Waals surface area (Å²) in [5.41, 5.74) is -0.339. The van der Waals surface area contributed by atoms with Gasteiger partial charge in [0.15, 0.2) is 0 Å². The number of hydrogen-bond acceptors (Lipinski definition) is 6. The van der Waals surface area contributed by atoms with E-state index in [1.54, 1.807) is 13.0 Å². The molecule has 0 radical (unpaired) electrons. The minimum Gasteiger partial charge on any atom is -0.462 e. The second-order valence-electron chi connectivity index (χ2n) is 7.08. The number of ether oxygens (including phenoxy) is 2. The number of carbonyl (C=O) groups excluding carboxylic acids is 1. The molecule has 7 nitrogen and oxygen atoms in total. The molecule has 1 unspecified atom stereocenters. The van der Waals surface area contributed by atoms with Crippen molar-refractivity contribution in [2.75, 3.05) is 11.9 Å². The Hall–Kier alpha value is -2.15. The molecule has 132 valence electrons. The van der Waals surface area contributed by atoms with Gasteiger partial charge in [-0.1, -0.05) is 0 Å². The van der Waals surface area contributed by atoms with E-state index >= 15 is 0 Å². The number of carbonyl (C=O) groups is 1. The van der Waals surface area contributed by atoms with Crippen LogP contribution in [0.5, 0.6) is 0 Å². The lowest BCUT2D eigenvalue weighted by Crippen LogP contribution is -2.38. The van der Waals surface area contributed by atoms with Gasteiger partial charge in [0, 0.05) is 11.8 Å². The third-order valence-electron chi connectivity index (χ3n) is 4.10. The van der Waals surface area contributed by atoms with E-state index in [-0.39, 0.29) is 29.5 Å². The third-order valence-corrected chi connectivity index (χ3v) is 4.10. The first-order chi connectivity index (χ1) is 11.1. The predicted molar refractivity (Wildman–Crippen MR) is 90.3 cm³/mol. The van der Waals surface area contributed by atoms with Gasteiger partial charge >= 0.3 is 5.97 Å². The molecule has 2 rings (SSSR count). The molecular formula is C17H24N2O5. The summed E-state index contributed by atoms with van der Waals surface area (Å²) in [6.45, 7) is 9.86. The number of rotatable bonds is 5. The lowest BCUT2D eigenvalue weighted by molar-refractivity contribution is -0.385. The monoisotopic (exact) mass is 336 g/mol. The average molecular weight is 336 g/mol. The lowest BCUT2D eigenvalue weighted by atomic mass is 9.94. The molecule has 24 heavy (non-hydrogen) atoms. The van der Waals surface area contributed by atoms with E-state index < -0.39 is 16.5 Å². The summed E-state index contributed by atoms with van der Waals surface area (Å²) in [5, 5.41) is 14.5. The number of benzene rings is 1. The highest BCUT2D eigenvalue weighted by molar-refractivity contribution is 5.95. The third kappa shape index (κ3) is 3.84. The molecule has 1 heterocycles. The summed E-state index contributed by atoms with van der Waals surface area (Å²) in [6, 6.07) is 4.41. The maximum Gasteiger partial charge on any atom is 0.345 e. The van der Waals surface area contributed by atoms with Crippen molar-refractivity contribution in [3.8, 4) is 0 Å². The van der Waals surface area contributed by atoms with Crippen LogP contribution in [-0.2, 0) is 9.47 Å². The highest BCUT2D eigenvalue weighted by Gasteiger charge is 2.45. The lowest BCUT2D eigenvalue weighted by Gasteiger charge is -2.28. The van der Waals surface area contributed by atoms with Crippen molar-refractivity contribution in [3.05, 3.63) is 33.9 Å². The molecule has 7 heteroatoms. The van der Waals surface area contributed by atoms with E-state index in [1.165, 1.54) is 12.1 Å². The van der Waals surface area contributed by atoms with E-state index in [9.17, 15) is 14.9 Å². The van der Waals surface area contributed by atoms with Crippen LogP contribution in [0.25, 0.3) is 0 Å². The first-order valence-electron chi connectivity index (χ1n) is 7.98. The second kappa shape index (κ2) is 6.39. The molecule has 1 aliphatic heterocycles. The topological polar surface area (TPSA) is 90.7 Å². The summed E-state index contributed by atoms with van der Waals surface area (Å²) in [5.74, 6) is -0.699.